The highest BCUT2D eigenvalue weighted by Gasteiger charge is 2.39. The molecule has 8 nitrogen and oxygen atoms in total. The first-order valence-corrected chi connectivity index (χ1v) is 35.0. The van der Waals surface area contributed by atoms with Crippen molar-refractivity contribution >= 4 is 109 Å². The van der Waals surface area contributed by atoms with Crippen molar-refractivity contribution in [3.8, 4) is 100 Å². The molecular formula is C77H63N3O5S6. The smallest absolute Gasteiger partial charge is 0.346 e. The van der Waals surface area contributed by atoms with Crippen LogP contribution in [0.15, 0.2) is 169 Å². The van der Waals surface area contributed by atoms with Crippen molar-refractivity contribution in [1.29, 1.82) is 10.5 Å². The Bertz CT molecular complexity index is 4620. The maximum atomic E-state index is 11.7. The van der Waals surface area contributed by atoms with E-state index in [0.717, 1.165) is 63.2 Å². The third-order valence-corrected chi connectivity index (χ3v) is 24.7. The molecule has 0 radical (unpaired) electrons. The van der Waals surface area contributed by atoms with Gasteiger partial charge in [0.1, 0.15) is 29.0 Å². The van der Waals surface area contributed by atoms with Crippen molar-refractivity contribution in [2.75, 3.05) is 4.90 Å². The maximum Gasteiger partial charge on any atom is 0.346 e. The van der Waals surface area contributed by atoms with Gasteiger partial charge in [-0.25, -0.2) is 9.59 Å². The van der Waals surface area contributed by atoms with E-state index in [2.05, 4.69) is 220 Å². The number of hydrogen-bond donors (Lipinski definition) is 2. The van der Waals surface area contributed by atoms with Crippen molar-refractivity contribution in [3.05, 3.63) is 212 Å². The lowest BCUT2D eigenvalue weighted by atomic mass is 9.81. The fourth-order valence-electron chi connectivity index (χ4n) is 12.7. The van der Waals surface area contributed by atoms with Gasteiger partial charge in [0.25, 0.3) is 0 Å². The van der Waals surface area contributed by atoms with Gasteiger partial charge >= 0.3 is 11.9 Å². The number of aliphatic carboxylic acids is 2. The molecule has 6 heterocycles. The lowest BCUT2D eigenvalue weighted by Crippen LogP contribution is -2.18. The van der Waals surface area contributed by atoms with Gasteiger partial charge in [-0.15, -0.1) is 68.0 Å². The predicted molar refractivity (Wildman–Crippen MR) is 383 cm³/mol. The molecular weight excluding hydrogens is 1240 g/mol. The van der Waals surface area contributed by atoms with Crippen LogP contribution in [0.5, 0.6) is 5.75 Å². The molecule has 11 aromatic rings. The Morgan fingerprint density at radius 3 is 1.14 bits per heavy atom. The van der Waals surface area contributed by atoms with Gasteiger partial charge < -0.3 is 19.8 Å². The van der Waals surface area contributed by atoms with Crippen molar-refractivity contribution in [1.82, 2.24) is 0 Å². The number of carboxylic acids is 2. The van der Waals surface area contributed by atoms with Crippen molar-refractivity contribution in [2.45, 2.75) is 98.0 Å². The number of ether oxygens (including phenoxy) is 1. The molecule has 0 atom stereocenters. The summed E-state index contributed by atoms with van der Waals surface area (Å²) in [7, 11) is 0. The van der Waals surface area contributed by atoms with Gasteiger partial charge in [0.15, 0.2) is 0 Å². The summed E-state index contributed by atoms with van der Waals surface area (Å²) in [6.07, 6.45) is 2.99. The van der Waals surface area contributed by atoms with Gasteiger partial charge in [0, 0.05) is 86.4 Å². The van der Waals surface area contributed by atoms with E-state index in [4.69, 9.17) is 4.74 Å². The van der Waals surface area contributed by atoms with Crippen LogP contribution in [-0.2, 0) is 20.4 Å². The molecule has 2 aliphatic carbocycles. The molecule has 0 amide bonds. The molecule has 0 saturated heterocycles. The minimum absolute atomic E-state index is 0.0457. The van der Waals surface area contributed by atoms with Gasteiger partial charge in [-0.2, -0.15) is 10.5 Å². The van der Waals surface area contributed by atoms with Gasteiger partial charge in [-0.1, -0.05) is 91.8 Å². The van der Waals surface area contributed by atoms with Crippen LogP contribution in [0.1, 0.15) is 124 Å². The van der Waals surface area contributed by atoms with Crippen LogP contribution in [0.25, 0.3) is 94.3 Å². The Labute approximate surface area is 554 Å². The van der Waals surface area contributed by atoms with Crippen LogP contribution >= 0.6 is 68.0 Å². The standard InChI is InChI=1S/C77H63N3O5S6/c1-41(2)58-37-52(31-46(39-78)74(81)82)86-72(58)70-29-27-68(90-70)66-25-23-64(88-66)44-11-19-54-56-21-15-49(35-62(56)76(7,8)60(54)33-44)80(48-13-17-51(18-14-48)85-43(5)6)50-16-22-57-55-20-12-45(34-61(55)77(9,10)63(57)36-50)65-24-26-67(89-65)69-28-30-71(91-69)73-59(42(3)4)38-53(87-73)32-47(40-79)75(83)84/h11-38,41-43H,1-10H3,(H,81,82)(H,83,84). The molecule has 14 heteroatoms. The number of carbonyl (C=O) groups is 2. The molecule has 13 rings (SSSR count). The number of benzene rings is 5. The lowest BCUT2D eigenvalue weighted by molar-refractivity contribution is -0.133. The lowest BCUT2D eigenvalue weighted by Gasteiger charge is -2.30. The maximum absolute atomic E-state index is 11.7. The summed E-state index contributed by atoms with van der Waals surface area (Å²) in [6, 6.07) is 61.6. The summed E-state index contributed by atoms with van der Waals surface area (Å²) >= 11 is 10.1. The van der Waals surface area contributed by atoms with Crippen molar-refractivity contribution in [2.24, 2.45) is 0 Å². The summed E-state index contributed by atoms with van der Waals surface area (Å²) in [5.74, 6) is -1.18. The number of hydrogen-bond acceptors (Lipinski definition) is 12. The first kappa shape index (κ1) is 61.2. The minimum Gasteiger partial charge on any atom is -0.491 e. The van der Waals surface area contributed by atoms with Crippen LogP contribution in [0.2, 0.25) is 0 Å². The van der Waals surface area contributed by atoms with E-state index in [1.54, 1.807) is 45.3 Å². The normalized spacial score (nSPS) is 13.7. The molecule has 0 saturated carbocycles. The van der Waals surface area contributed by atoms with E-state index in [9.17, 15) is 30.3 Å². The third-order valence-electron chi connectivity index (χ3n) is 17.3. The minimum atomic E-state index is -1.22. The van der Waals surface area contributed by atoms with Gasteiger partial charge in [-0.05, 0) is 226 Å². The molecule has 6 aromatic heterocycles. The van der Waals surface area contributed by atoms with Gasteiger partial charge in [0.2, 0.25) is 0 Å². The summed E-state index contributed by atoms with van der Waals surface area (Å²) in [5.41, 5.74) is 16.8. The summed E-state index contributed by atoms with van der Waals surface area (Å²) in [6.45, 7) is 22.1. The molecule has 0 bridgehead atoms. The summed E-state index contributed by atoms with van der Waals surface area (Å²) < 4.78 is 6.17. The molecule has 2 N–H and O–H groups in total. The SMILES string of the molecule is CC(C)Oc1ccc(N(c2ccc3c(c2)C(C)(C)c2cc(-c4ccc(-c5ccc(-c6sc(C=C(C#N)C(=O)O)cc6C(C)C)s5)s4)ccc2-3)c2ccc3c(c2)C(C)(C)c2cc(-c4ccc(-c5ccc(-c6sc(C=C(C#N)C(=O)O)cc6C(C)C)s5)s4)ccc2-3)cc1. The topological polar surface area (TPSA) is 135 Å². The Morgan fingerprint density at radius 1 is 0.440 bits per heavy atom. The Balaban J connectivity index is 0.782. The zero-order chi connectivity index (χ0) is 63.9. The molecule has 2 aliphatic rings. The highest BCUT2D eigenvalue weighted by molar-refractivity contribution is 7.28. The average molecular weight is 1300 g/mol. The monoisotopic (exact) mass is 1300 g/mol. The number of fused-ring (bicyclic) bond motifs is 6. The molecule has 452 valence electrons. The second kappa shape index (κ2) is 23.8. The van der Waals surface area contributed by atoms with Crippen LogP contribution in [-0.4, -0.2) is 28.3 Å². The number of nitriles is 2. The largest absolute Gasteiger partial charge is 0.491 e. The number of anilines is 3. The number of nitrogens with zero attached hydrogens (tertiary/aromatic N) is 3. The molecule has 91 heavy (non-hydrogen) atoms. The van der Waals surface area contributed by atoms with Gasteiger partial charge in [0.05, 0.1) is 6.10 Å². The van der Waals surface area contributed by atoms with Crippen molar-refractivity contribution < 1.29 is 24.5 Å². The second-order valence-electron chi connectivity index (χ2n) is 25.0. The summed E-state index contributed by atoms with van der Waals surface area (Å²) in [4.78, 5) is 38.8. The fraction of sp³-hybridized carbons (Fsp3) is 0.195. The molecule has 0 fully saturated rings. The molecule has 0 aliphatic heterocycles. The number of rotatable bonds is 17. The highest BCUT2D eigenvalue weighted by Crippen LogP contribution is 2.56. The summed E-state index contributed by atoms with van der Waals surface area (Å²) in [5, 5.41) is 38.0. The molecule has 0 unspecified atom stereocenters. The first-order chi connectivity index (χ1) is 43.6. The highest BCUT2D eigenvalue weighted by atomic mass is 32.1. The average Bonchev–Trinajstić information content (AvgIpc) is 1.59. The van der Waals surface area contributed by atoms with Crippen LogP contribution in [0, 0.1) is 22.7 Å². The van der Waals surface area contributed by atoms with E-state index in [0.29, 0.717) is 0 Å². The number of carboxylic acid groups (broad SMARTS) is 2. The molecule has 5 aromatic carbocycles. The van der Waals surface area contributed by atoms with E-state index in [-0.39, 0.29) is 39.9 Å². The first-order valence-electron chi connectivity index (χ1n) is 30.1. The van der Waals surface area contributed by atoms with E-state index in [1.807, 2.05) is 24.3 Å². The zero-order valence-corrected chi connectivity index (χ0v) is 56.7. The Morgan fingerprint density at radius 2 is 0.780 bits per heavy atom. The Kier molecular flexibility index (Phi) is 16.0. The Hall–Kier alpha value is -8.70. The van der Waals surface area contributed by atoms with Crippen LogP contribution in [0.3, 0.4) is 0 Å². The predicted octanol–water partition coefficient (Wildman–Crippen LogP) is 23.2. The van der Waals surface area contributed by atoms with E-state index < -0.39 is 11.9 Å². The van der Waals surface area contributed by atoms with Gasteiger partial charge in [-0.3, -0.25) is 0 Å². The second-order valence-corrected chi connectivity index (χ2v) is 31.5. The number of thiophene rings is 6. The van der Waals surface area contributed by atoms with Crippen LogP contribution < -0.4 is 9.64 Å². The van der Waals surface area contributed by atoms with Crippen LogP contribution in [0.4, 0.5) is 17.1 Å². The fourth-order valence-corrected chi connectivity index (χ4v) is 19.6. The van der Waals surface area contributed by atoms with Crippen molar-refractivity contribution in [3.63, 3.8) is 0 Å². The molecule has 0 spiro atoms. The quantitative estimate of drug-likeness (QED) is 0.0680. The van der Waals surface area contributed by atoms with E-state index >= 15 is 0 Å². The zero-order valence-electron chi connectivity index (χ0n) is 51.8. The van der Waals surface area contributed by atoms with E-state index in [1.165, 1.54) is 120 Å². The third kappa shape index (κ3) is 11.2.